The summed E-state index contributed by atoms with van der Waals surface area (Å²) in [5.74, 6) is -0.616. The third kappa shape index (κ3) is 5.77. The molecular weight excluding hydrogens is 308 g/mol. The molecule has 0 saturated carbocycles. The molecule has 1 aromatic rings. The number of rotatable bonds is 3. The Morgan fingerprint density at radius 2 is 1.94 bits per heavy atom. The van der Waals surface area contributed by atoms with Crippen molar-refractivity contribution < 1.29 is 61.9 Å². The fourth-order valence-electron chi connectivity index (χ4n) is 0.962. The molecular formula is C8H7ClF3NaO4S. The van der Waals surface area contributed by atoms with Crippen LogP contribution in [-0.2, 0) is 10.1 Å². The first-order valence-corrected chi connectivity index (χ1v) is 5.88. The van der Waals surface area contributed by atoms with Gasteiger partial charge in [-0.15, -0.1) is 0 Å². The second-order valence-corrected chi connectivity index (χ2v) is 4.80. The topological polar surface area (TPSA) is 63.6 Å². The summed E-state index contributed by atoms with van der Waals surface area (Å²) in [7, 11) is -4.70. The van der Waals surface area contributed by atoms with Crippen molar-refractivity contribution in [3.05, 3.63) is 23.2 Å². The van der Waals surface area contributed by atoms with Crippen LogP contribution in [0.25, 0.3) is 0 Å². The molecule has 0 bridgehead atoms. The van der Waals surface area contributed by atoms with Crippen molar-refractivity contribution in [3.8, 4) is 5.75 Å². The third-order valence-corrected chi connectivity index (χ3v) is 2.68. The monoisotopic (exact) mass is 314 g/mol. The predicted octanol–water partition coefficient (Wildman–Crippen LogP) is -0.356. The average Bonchev–Trinajstić information content (AvgIpc) is 2.13. The standard InChI is InChI=1S/C8H6ClF3O4S.Na.H/c9-5-1-2-6(16-4-8(10,11)12)7(3-5)17(13,14)15;;/h1-3H,4H2,(H,13,14,15);;/q;+1;-1. The summed E-state index contributed by atoms with van der Waals surface area (Å²) in [6.07, 6.45) is -4.61. The molecule has 10 heteroatoms. The second kappa shape index (κ2) is 6.44. The summed E-state index contributed by atoms with van der Waals surface area (Å²) in [6, 6.07) is 2.86. The van der Waals surface area contributed by atoms with E-state index in [0.29, 0.717) is 0 Å². The van der Waals surface area contributed by atoms with E-state index in [1.807, 2.05) is 0 Å². The van der Waals surface area contributed by atoms with Gasteiger partial charge in [0.15, 0.2) is 6.61 Å². The summed E-state index contributed by atoms with van der Waals surface area (Å²) in [5, 5.41) is -0.0583. The minimum Gasteiger partial charge on any atom is -1.00 e. The molecule has 0 fully saturated rings. The molecule has 0 unspecified atom stereocenters. The molecule has 0 saturated heterocycles. The molecule has 0 aliphatic carbocycles. The Labute approximate surface area is 130 Å². The molecule has 0 aliphatic rings. The zero-order valence-corrected chi connectivity index (χ0v) is 12.6. The molecule has 0 atom stereocenters. The predicted molar refractivity (Wildman–Crippen MR) is 53.9 cm³/mol. The maximum absolute atomic E-state index is 11.9. The molecule has 0 amide bonds. The SMILES string of the molecule is O=S(=O)(O)c1cc(Cl)ccc1OCC(F)(F)F.[H-].[Na+]. The van der Waals surface area contributed by atoms with Gasteiger partial charge in [-0.2, -0.15) is 21.6 Å². The first-order chi connectivity index (χ1) is 7.59. The van der Waals surface area contributed by atoms with Crippen LogP contribution in [-0.4, -0.2) is 25.8 Å². The van der Waals surface area contributed by atoms with Crippen molar-refractivity contribution in [3.63, 3.8) is 0 Å². The second-order valence-electron chi connectivity index (χ2n) is 2.97. The molecule has 1 aromatic carbocycles. The quantitative estimate of drug-likeness (QED) is 0.611. The van der Waals surface area contributed by atoms with E-state index in [1.165, 1.54) is 0 Å². The van der Waals surface area contributed by atoms with E-state index >= 15 is 0 Å². The summed E-state index contributed by atoms with van der Waals surface area (Å²) in [6.45, 7) is -1.67. The van der Waals surface area contributed by atoms with Crippen LogP contribution in [0.1, 0.15) is 1.43 Å². The maximum Gasteiger partial charge on any atom is 1.00 e. The molecule has 0 radical (unpaired) electrons. The smallest absolute Gasteiger partial charge is 1.00 e. The summed E-state index contributed by atoms with van der Waals surface area (Å²) in [4.78, 5) is -0.811. The van der Waals surface area contributed by atoms with E-state index in [9.17, 15) is 21.6 Å². The van der Waals surface area contributed by atoms with Crippen molar-refractivity contribution in [1.82, 2.24) is 0 Å². The van der Waals surface area contributed by atoms with Gasteiger partial charge in [-0.25, -0.2) is 0 Å². The number of ether oxygens (including phenoxy) is 1. The largest absolute Gasteiger partial charge is 1.00 e. The van der Waals surface area contributed by atoms with Crippen molar-refractivity contribution in [2.45, 2.75) is 11.1 Å². The van der Waals surface area contributed by atoms with Gasteiger partial charge in [0.25, 0.3) is 10.1 Å². The first-order valence-electron chi connectivity index (χ1n) is 4.06. The number of halogens is 4. The van der Waals surface area contributed by atoms with Gasteiger partial charge in [-0.05, 0) is 18.2 Å². The summed E-state index contributed by atoms with van der Waals surface area (Å²) in [5.41, 5.74) is 0. The van der Waals surface area contributed by atoms with E-state index in [4.69, 9.17) is 16.2 Å². The van der Waals surface area contributed by atoms with E-state index in [1.54, 1.807) is 0 Å². The Kier molecular flexibility index (Phi) is 6.45. The van der Waals surface area contributed by atoms with Gasteiger partial charge in [0.2, 0.25) is 0 Å². The van der Waals surface area contributed by atoms with Crippen molar-refractivity contribution in [1.29, 1.82) is 0 Å². The van der Waals surface area contributed by atoms with Gasteiger partial charge in [-0.3, -0.25) is 4.55 Å². The molecule has 0 aliphatic heterocycles. The minimum atomic E-state index is -4.70. The number of hydrogen-bond donors (Lipinski definition) is 1. The van der Waals surface area contributed by atoms with Gasteiger partial charge in [0, 0.05) is 5.02 Å². The average molecular weight is 315 g/mol. The normalized spacial score (nSPS) is 11.8. The molecule has 1 rings (SSSR count). The molecule has 18 heavy (non-hydrogen) atoms. The molecule has 0 heterocycles. The minimum absolute atomic E-state index is 0. The van der Waals surface area contributed by atoms with E-state index < -0.39 is 33.5 Å². The van der Waals surface area contributed by atoms with Crippen LogP contribution in [0, 0.1) is 0 Å². The molecule has 0 aromatic heterocycles. The molecule has 4 nitrogen and oxygen atoms in total. The fourth-order valence-corrected chi connectivity index (χ4v) is 1.86. The van der Waals surface area contributed by atoms with Crippen LogP contribution in [0.4, 0.5) is 13.2 Å². The zero-order valence-electron chi connectivity index (χ0n) is 10.0. The Balaban J connectivity index is 0. The summed E-state index contributed by atoms with van der Waals surface area (Å²) >= 11 is 5.46. The molecule has 98 valence electrons. The van der Waals surface area contributed by atoms with Crippen molar-refractivity contribution in [2.75, 3.05) is 6.61 Å². The molecule has 1 N–H and O–H groups in total. The van der Waals surface area contributed by atoms with Crippen LogP contribution >= 0.6 is 11.6 Å². The molecule has 0 spiro atoms. The Morgan fingerprint density at radius 1 is 1.39 bits per heavy atom. The van der Waals surface area contributed by atoms with Crippen LogP contribution < -0.4 is 34.3 Å². The van der Waals surface area contributed by atoms with Gasteiger partial charge in [0.1, 0.15) is 10.6 Å². The van der Waals surface area contributed by atoms with Gasteiger partial charge >= 0.3 is 35.7 Å². The Hall–Kier alpha value is 0.01000. The van der Waals surface area contributed by atoms with Crippen molar-refractivity contribution >= 4 is 21.7 Å². The first kappa shape index (κ1) is 18.0. The van der Waals surface area contributed by atoms with E-state index in [0.717, 1.165) is 18.2 Å². The van der Waals surface area contributed by atoms with E-state index in [-0.39, 0.29) is 36.0 Å². The number of benzene rings is 1. The van der Waals surface area contributed by atoms with Crippen LogP contribution in [0.5, 0.6) is 5.75 Å². The van der Waals surface area contributed by atoms with Crippen LogP contribution in [0.15, 0.2) is 23.1 Å². The fraction of sp³-hybridized carbons (Fsp3) is 0.250. The Bertz CT molecular complexity index is 523. The van der Waals surface area contributed by atoms with Gasteiger partial charge < -0.3 is 6.16 Å². The number of alkyl halides is 3. The van der Waals surface area contributed by atoms with E-state index in [2.05, 4.69) is 4.74 Å². The maximum atomic E-state index is 11.9. The summed E-state index contributed by atoms with van der Waals surface area (Å²) < 4.78 is 70.4. The van der Waals surface area contributed by atoms with Crippen molar-refractivity contribution in [2.24, 2.45) is 0 Å². The zero-order chi connectivity index (χ0) is 13.3. The third-order valence-electron chi connectivity index (χ3n) is 1.58. The van der Waals surface area contributed by atoms with Crippen LogP contribution in [0.3, 0.4) is 0 Å². The van der Waals surface area contributed by atoms with Gasteiger partial charge in [-0.1, -0.05) is 11.6 Å². The van der Waals surface area contributed by atoms with Gasteiger partial charge in [0.05, 0.1) is 0 Å². The number of hydrogen-bond acceptors (Lipinski definition) is 3. The Morgan fingerprint density at radius 3 is 2.39 bits per heavy atom. The van der Waals surface area contributed by atoms with Crippen LogP contribution in [0.2, 0.25) is 5.02 Å².